The van der Waals surface area contributed by atoms with E-state index in [0.29, 0.717) is 24.1 Å². The molecule has 0 spiro atoms. The van der Waals surface area contributed by atoms with Crippen LogP contribution in [-0.2, 0) is 11.2 Å². The minimum atomic E-state index is 0.00386. The van der Waals surface area contributed by atoms with Crippen molar-refractivity contribution in [2.45, 2.75) is 52.4 Å². The molecule has 0 unspecified atom stereocenters. The van der Waals surface area contributed by atoms with Gasteiger partial charge in [0, 0.05) is 12.0 Å². The van der Waals surface area contributed by atoms with E-state index in [4.69, 9.17) is 9.72 Å². The molecule has 0 atom stereocenters. The van der Waals surface area contributed by atoms with Crippen LogP contribution in [0.5, 0.6) is 5.75 Å². The van der Waals surface area contributed by atoms with E-state index in [1.165, 1.54) is 25.7 Å². The third-order valence-corrected chi connectivity index (χ3v) is 5.04. The maximum atomic E-state index is 12.2. The molecule has 0 bridgehead atoms. The Bertz CT molecular complexity index is 766. The summed E-state index contributed by atoms with van der Waals surface area (Å²) in [6, 6.07) is 7.82. The van der Waals surface area contributed by atoms with Crippen molar-refractivity contribution in [3.05, 3.63) is 36.2 Å². The highest BCUT2D eigenvalue weighted by Crippen LogP contribution is 2.30. The maximum Gasteiger partial charge on any atom is 0.225 e. The second kappa shape index (κ2) is 8.98. The molecule has 27 heavy (non-hydrogen) atoms. The van der Waals surface area contributed by atoms with Crippen molar-refractivity contribution >= 4 is 11.7 Å². The Morgan fingerprint density at radius 1 is 1.22 bits per heavy atom. The number of nitrogens with zero attached hydrogens (tertiary/aromatic N) is 2. The van der Waals surface area contributed by atoms with Crippen LogP contribution in [0.3, 0.4) is 0 Å². The van der Waals surface area contributed by atoms with Crippen molar-refractivity contribution in [1.82, 2.24) is 9.97 Å². The highest BCUT2D eigenvalue weighted by Gasteiger charge is 2.20. The van der Waals surface area contributed by atoms with Crippen molar-refractivity contribution in [3.8, 4) is 17.0 Å². The fourth-order valence-electron chi connectivity index (χ4n) is 3.62. The van der Waals surface area contributed by atoms with Gasteiger partial charge in [-0.3, -0.25) is 4.79 Å². The number of methoxy groups -OCH3 is 1. The zero-order valence-corrected chi connectivity index (χ0v) is 16.5. The lowest BCUT2D eigenvalue weighted by atomic mass is 10.0. The molecule has 5 heteroatoms. The van der Waals surface area contributed by atoms with Crippen molar-refractivity contribution in [3.63, 3.8) is 0 Å². The number of hydrogen-bond donors (Lipinski definition) is 1. The molecule has 1 aromatic carbocycles. The number of amides is 1. The standard InChI is InChI=1S/C22H29N3O2/c1-15(2)12-21(26)25-22-19(13-16-6-4-5-7-16)24-20(14-23-22)17-8-10-18(27-3)11-9-17/h8-11,14-16H,4-7,12-13H2,1-3H3,(H,23,25,26). The summed E-state index contributed by atoms with van der Waals surface area (Å²) in [6.45, 7) is 4.08. The second-order valence-electron chi connectivity index (χ2n) is 7.78. The van der Waals surface area contributed by atoms with Gasteiger partial charge in [0.1, 0.15) is 5.75 Å². The molecular formula is C22H29N3O2. The molecule has 1 aliphatic carbocycles. The smallest absolute Gasteiger partial charge is 0.225 e. The van der Waals surface area contributed by atoms with Crippen LogP contribution in [-0.4, -0.2) is 23.0 Å². The fourth-order valence-corrected chi connectivity index (χ4v) is 3.62. The lowest BCUT2D eigenvalue weighted by Gasteiger charge is -2.15. The summed E-state index contributed by atoms with van der Waals surface area (Å²) in [6.07, 6.45) is 8.13. The summed E-state index contributed by atoms with van der Waals surface area (Å²) in [5, 5.41) is 2.98. The third-order valence-electron chi connectivity index (χ3n) is 5.04. The number of nitrogens with one attached hydrogen (secondary N) is 1. The van der Waals surface area contributed by atoms with Crippen LogP contribution >= 0.6 is 0 Å². The Morgan fingerprint density at radius 3 is 2.56 bits per heavy atom. The molecule has 1 heterocycles. The van der Waals surface area contributed by atoms with Crippen LogP contribution < -0.4 is 10.1 Å². The lowest BCUT2D eigenvalue weighted by molar-refractivity contribution is -0.116. The predicted octanol–water partition coefficient (Wildman–Crippen LogP) is 4.87. The molecule has 1 fully saturated rings. The molecule has 2 aromatic rings. The molecular weight excluding hydrogens is 338 g/mol. The van der Waals surface area contributed by atoms with Crippen LogP contribution in [0.4, 0.5) is 5.82 Å². The summed E-state index contributed by atoms with van der Waals surface area (Å²) in [7, 11) is 1.66. The first-order chi connectivity index (χ1) is 13.0. The summed E-state index contributed by atoms with van der Waals surface area (Å²) in [5.41, 5.74) is 2.72. The number of benzene rings is 1. The second-order valence-corrected chi connectivity index (χ2v) is 7.78. The van der Waals surface area contributed by atoms with E-state index in [9.17, 15) is 4.79 Å². The van der Waals surface area contributed by atoms with Crippen LogP contribution in [0.1, 0.15) is 51.6 Å². The first-order valence-corrected chi connectivity index (χ1v) is 9.85. The Labute approximate surface area is 161 Å². The summed E-state index contributed by atoms with van der Waals surface area (Å²) in [4.78, 5) is 21.7. The van der Waals surface area contributed by atoms with Crippen LogP contribution in [0, 0.1) is 11.8 Å². The number of carbonyl (C=O) groups excluding carboxylic acids is 1. The highest BCUT2D eigenvalue weighted by molar-refractivity contribution is 5.90. The van der Waals surface area contributed by atoms with Gasteiger partial charge in [-0.2, -0.15) is 0 Å². The number of rotatable bonds is 7. The van der Waals surface area contributed by atoms with E-state index in [0.717, 1.165) is 29.1 Å². The summed E-state index contributed by atoms with van der Waals surface area (Å²) < 4.78 is 5.23. The number of aromatic nitrogens is 2. The Morgan fingerprint density at radius 2 is 1.93 bits per heavy atom. The van der Waals surface area contributed by atoms with Gasteiger partial charge in [0.2, 0.25) is 5.91 Å². The van der Waals surface area contributed by atoms with Gasteiger partial charge in [-0.15, -0.1) is 0 Å². The predicted molar refractivity (Wildman–Crippen MR) is 108 cm³/mol. The Balaban J connectivity index is 1.86. The van der Waals surface area contributed by atoms with Crippen molar-refractivity contribution in [1.29, 1.82) is 0 Å². The molecule has 0 radical (unpaired) electrons. The minimum Gasteiger partial charge on any atom is -0.497 e. The minimum absolute atomic E-state index is 0.00386. The van der Waals surface area contributed by atoms with Gasteiger partial charge in [-0.25, -0.2) is 9.97 Å². The molecule has 3 rings (SSSR count). The summed E-state index contributed by atoms with van der Waals surface area (Å²) >= 11 is 0. The molecule has 1 aromatic heterocycles. The lowest BCUT2D eigenvalue weighted by Crippen LogP contribution is -2.18. The SMILES string of the molecule is COc1ccc(-c2cnc(NC(=O)CC(C)C)c(CC3CCCC3)n2)cc1. The zero-order chi connectivity index (χ0) is 19.2. The average Bonchev–Trinajstić information content (AvgIpc) is 3.15. The molecule has 0 saturated heterocycles. The third kappa shape index (κ3) is 5.28. The first kappa shape index (κ1) is 19.3. The van der Waals surface area contributed by atoms with Gasteiger partial charge in [-0.1, -0.05) is 39.5 Å². The number of carbonyl (C=O) groups is 1. The zero-order valence-electron chi connectivity index (χ0n) is 16.5. The number of ether oxygens (including phenoxy) is 1. The van der Waals surface area contributed by atoms with E-state index < -0.39 is 0 Å². The highest BCUT2D eigenvalue weighted by atomic mass is 16.5. The quantitative estimate of drug-likeness (QED) is 0.758. The molecule has 1 aliphatic rings. The molecule has 144 valence electrons. The van der Waals surface area contributed by atoms with Gasteiger partial charge < -0.3 is 10.1 Å². The van der Waals surface area contributed by atoms with E-state index in [2.05, 4.69) is 10.3 Å². The van der Waals surface area contributed by atoms with Crippen LogP contribution in [0.25, 0.3) is 11.3 Å². The van der Waals surface area contributed by atoms with Crippen LogP contribution in [0.15, 0.2) is 30.5 Å². The first-order valence-electron chi connectivity index (χ1n) is 9.85. The van der Waals surface area contributed by atoms with E-state index in [-0.39, 0.29) is 5.91 Å². The summed E-state index contributed by atoms with van der Waals surface area (Å²) in [5.74, 6) is 2.38. The number of hydrogen-bond acceptors (Lipinski definition) is 4. The van der Waals surface area contributed by atoms with Crippen molar-refractivity contribution in [2.24, 2.45) is 11.8 Å². The molecule has 5 nitrogen and oxygen atoms in total. The van der Waals surface area contributed by atoms with Gasteiger partial charge >= 0.3 is 0 Å². The van der Waals surface area contributed by atoms with Gasteiger partial charge in [0.25, 0.3) is 0 Å². The van der Waals surface area contributed by atoms with Crippen molar-refractivity contribution in [2.75, 3.05) is 12.4 Å². The molecule has 1 amide bonds. The topological polar surface area (TPSA) is 64.1 Å². The fraction of sp³-hybridized carbons (Fsp3) is 0.500. The number of anilines is 1. The van der Waals surface area contributed by atoms with Gasteiger partial charge in [-0.05, 0) is 42.5 Å². The molecule has 1 saturated carbocycles. The normalized spacial score (nSPS) is 14.5. The van der Waals surface area contributed by atoms with Crippen molar-refractivity contribution < 1.29 is 9.53 Å². The van der Waals surface area contributed by atoms with Gasteiger partial charge in [0.05, 0.1) is 24.7 Å². The van der Waals surface area contributed by atoms with Gasteiger partial charge in [0.15, 0.2) is 5.82 Å². The Hall–Kier alpha value is -2.43. The van der Waals surface area contributed by atoms with E-state index in [1.807, 2.05) is 38.1 Å². The van der Waals surface area contributed by atoms with Crippen LogP contribution in [0.2, 0.25) is 0 Å². The average molecular weight is 367 g/mol. The molecule has 1 N–H and O–H groups in total. The maximum absolute atomic E-state index is 12.2. The Kier molecular flexibility index (Phi) is 6.43. The largest absolute Gasteiger partial charge is 0.497 e. The van der Waals surface area contributed by atoms with E-state index >= 15 is 0 Å². The monoisotopic (exact) mass is 367 g/mol. The molecule has 0 aliphatic heterocycles. The van der Waals surface area contributed by atoms with E-state index in [1.54, 1.807) is 13.3 Å².